The van der Waals surface area contributed by atoms with Gasteiger partial charge in [0.25, 0.3) is 0 Å². The number of imidazole rings is 1. The predicted molar refractivity (Wildman–Crippen MR) is 56.3 cm³/mol. The van der Waals surface area contributed by atoms with Gasteiger partial charge in [0.15, 0.2) is 5.69 Å². The molecule has 0 aliphatic heterocycles. The predicted octanol–water partition coefficient (Wildman–Crippen LogP) is 1.57. The SMILES string of the molecule is CCOC(=O)c1ncn2ccc(=S)[nH]c12. The number of nitrogens with zero attached hydrogens (tertiary/aromatic N) is 2. The third-order valence-corrected chi connectivity index (χ3v) is 2.13. The van der Waals surface area contributed by atoms with E-state index in [2.05, 4.69) is 9.97 Å². The van der Waals surface area contributed by atoms with Crippen LogP contribution in [0, 0.1) is 4.64 Å². The molecule has 0 amide bonds. The molecule has 0 atom stereocenters. The van der Waals surface area contributed by atoms with Crippen LogP contribution in [-0.2, 0) is 4.74 Å². The molecule has 0 bridgehead atoms. The van der Waals surface area contributed by atoms with Gasteiger partial charge < -0.3 is 9.72 Å². The Kier molecular flexibility index (Phi) is 2.51. The summed E-state index contributed by atoms with van der Waals surface area (Å²) in [4.78, 5) is 18.3. The lowest BCUT2D eigenvalue weighted by atomic mass is 10.4. The van der Waals surface area contributed by atoms with Gasteiger partial charge in [-0.3, -0.25) is 4.40 Å². The fraction of sp³-hybridized carbons (Fsp3) is 0.222. The Labute approximate surface area is 90.7 Å². The Morgan fingerprint density at radius 2 is 2.53 bits per heavy atom. The number of esters is 1. The zero-order valence-electron chi connectivity index (χ0n) is 8.06. The number of hydrogen-bond donors (Lipinski definition) is 1. The van der Waals surface area contributed by atoms with Gasteiger partial charge in [-0.15, -0.1) is 0 Å². The molecule has 5 nitrogen and oxygen atoms in total. The molecule has 0 radical (unpaired) electrons. The highest BCUT2D eigenvalue weighted by Crippen LogP contribution is 2.07. The standard InChI is InChI=1S/C9H9N3O2S/c1-2-14-9(13)7-8-11-6(15)3-4-12(8)5-10-7/h3-5H,2H2,1H3,(H,11,15). The first-order valence-electron chi connectivity index (χ1n) is 4.45. The van der Waals surface area contributed by atoms with Crippen LogP contribution in [0.25, 0.3) is 5.65 Å². The van der Waals surface area contributed by atoms with E-state index in [-0.39, 0.29) is 5.69 Å². The van der Waals surface area contributed by atoms with E-state index in [1.165, 1.54) is 6.33 Å². The van der Waals surface area contributed by atoms with E-state index in [1.807, 2.05) is 0 Å². The zero-order chi connectivity index (χ0) is 10.8. The van der Waals surface area contributed by atoms with Gasteiger partial charge in [0, 0.05) is 6.20 Å². The van der Waals surface area contributed by atoms with Crippen molar-refractivity contribution in [2.24, 2.45) is 0 Å². The summed E-state index contributed by atoms with van der Waals surface area (Å²) in [6.07, 6.45) is 3.27. The molecular weight excluding hydrogens is 214 g/mol. The Morgan fingerprint density at radius 3 is 3.27 bits per heavy atom. The maximum atomic E-state index is 11.5. The number of carbonyl (C=O) groups is 1. The van der Waals surface area contributed by atoms with Crippen molar-refractivity contribution in [3.05, 3.63) is 28.9 Å². The number of fused-ring (bicyclic) bond motifs is 1. The first-order valence-corrected chi connectivity index (χ1v) is 4.86. The molecule has 2 rings (SSSR count). The van der Waals surface area contributed by atoms with Crippen LogP contribution in [0.3, 0.4) is 0 Å². The summed E-state index contributed by atoms with van der Waals surface area (Å²) in [5.41, 5.74) is 0.810. The Bertz CT molecular complexity index is 558. The second kappa shape index (κ2) is 3.82. The average Bonchev–Trinajstić information content (AvgIpc) is 2.60. The minimum Gasteiger partial charge on any atom is -0.461 e. The van der Waals surface area contributed by atoms with Crippen molar-refractivity contribution in [1.82, 2.24) is 14.4 Å². The number of nitrogens with one attached hydrogen (secondary N) is 1. The number of rotatable bonds is 2. The largest absolute Gasteiger partial charge is 0.461 e. The lowest BCUT2D eigenvalue weighted by molar-refractivity contribution is 0.0522. The van der Waals surface area contributed by atoms with Gasteiger partial charge in [-0.1, -0.05) is 12.2 Å². The molecular formula is C9H9N3O2S. The van der Waals surface area contributed by atoms with E-state index < -0.39 is 5.97 Å². The van der Waals surface area contributed by atoms with E-state index in [1.54, 1.807) is 23.6 Å². The molecule has 2 heterocycles. The minimum atomic E-state index is -0.447. The maximum absolute atomic E-state index is 11.5. The monoisotopic (exact) mass is 223 g/mol. The molecule has 0 spiro atoms. The number of aromatic amines is 1. The average molecular weight is 223 g/mol. The number of aromatic nitrogens is 3. The molecule has 0 unspecified atom stereocenters. The Balaban J connectivity index is 2.57. The molecule has 2 aromatic rings. The normalized spacial score (nSPS) is 10.5. The van der Waals surface area contributed by atoms with Crippen LogP contribution in [0.4, 0.5) is 0 Å². The first-order chi connectivity index (χ1) is 7.22. The highest BCUT2D eigenvalue weighted by atomic mass is 32.1. The Morgan fingerprint density at radius 1 is 1.73 bits per heavy atom. The summed E-state index contributed by atoms with van der Waals surface area (Å²) in [6.45, 7) is 2.07. The van der Waals surface area contributed by atoms with Crippen molar-refractivity contribution in [3.8, 4) is 0 Å². The quantitative estimate of drug-likeness (QED) is 0.620. The molecule has 6 heteroatoms. The second-order valence-corrected chi connectivity index (χ2v) is 3.31. The highest BCUT2D eigenvalue weighted by Gasteiger charge is 2.14. The van der Waals surface area contributed by atoms with Crippen LogP contribution in [-0.4, -0.2) is 26.9 Å². The molecule has 78 valence electrons. The molecule has 2 aromatic heterocycles. The van der Waals surface area contributed by atoms with E-state index in [4.69, 9.17) is 17.0 Å². The van der Waals surface area contributed by atoms with Gasteiger partial charge in [0.2, 0.25) is 0 Å². The maximum Gasteiger partial charge on any atom is 0.360 e. The molecule has 0 saturated carbocycles. The van der Waals surface area contributed by atoms with Crippen LogP contribution in [0.1, 0.15) is 17.4 Å². The van der Waals surface area contributed by atoms with Crippen LogP contribution >= 0.6 is 12.2 Å². The number of carbonyl (C=O) groups excluding carboxylic acids is 1. The van der Waals surface area contributed by atoms with E-state index in [0.29, 0.717) is 16.9 Å². The van der Waals surface area contributed by atoms with Crippen LogP contribution < -0.4 is 0 Å². The molecule has 1 N–H and O–H groups in total. The Hall–Kier alpha value is -1.69. The third-order valence-electron chi connectivity index (χ3n) is 1.89. The number of hydrogen-bond acceptors (Lipinski definition) is 4. The molecule has 0 aromatic carbocycles. The molecule has 0 saturated heterocycles. The van der Waals surface area contributed by atoms with Crippen LogP contribution in [0.15, 0.2) is 18.6 Å². The van der Waals surface area contributed by atoms with Gasteiger partial charge in [0.05, 0.1) is 6.61 Å². The van der Waals surface area contributed by atoms with Gasteiger partial charge in [0.1, 0.15) is 16.6 Å². The summed E-state index contributed by atoms with van der Waals surface area (Å²) in [6, 6.07) is 1.72. The number of ether oxygens (including phenoxy) is 1. The molecule has 0 fully saturated rings. The van der Waals surface area contributed by atoms with E-state index in [9.17, 15) is 4.79 Å². The zero-order valence-corrected chi connectivity index (χ0v) is 8.87. The third kappa shape index (κ3) is 1.75. The summed E-state index contributed by atoms with van der Waals surface area (Å²) in [7, 11) is 0. The fourth-order valence-corrected chi connectivity index (χ4v) is 1.41. The fourth-order valence-electron chi connectivity index (χ4n) is 1.25. The van der Waals surface area contributed by atoms with E-state index in [0.717, 1.165) is 0 Å². The topological polar surface area (TPSA) is 59.4 Å². The van der Waals surface area contributed by atoms with Crippen molar-refractivity contribution in [2.45, 2.75) is 6.92 Å². The number of H-pyrrole nitrogens is 1. The van der Waals surface area contributed by atoms with Crippen molar-refractivity contribution >= 4 is 23.8 Å². The molecule has 15 heavy (non-hydrogen) atoms. The minimum absolute atomic E-state index is 0.253. The van der Waals surface area contributed by atoms with Crippen LogP contribution in [0.2, 0.25) is 0 Å². The van der Waals surface area contributed by atoms with Crippen molar-refractivity contribution in [1.29, 1.82) is 0 Å². The smallest absolute Gasteiger partial charge is 0.360 e. The van der Waals surface area contributed by atoms with E-state index >= 15 is 0 Å². The van der Waals surface area contributed by atoms with Crippen molar-refractivity contribution in [2.75, 3.05) is 6.61 Å². The summed E-state index contributed by atoms with van der Waals surface area (Å²) < 4.78 is 7.10. The lowest BCUT2D eigenvalue weighted by Gasteiger charge is -1.98. The second-order valence-electron chi connectivity index (χ2n) is 2.87. The summed E-state index contributed by atoms with van der Waals surface area (Å²) in [5.74, 6) is -0.447. The molecule has 0 aliphatic carbocycles. The van der Waals surface area contributed by atoms with Crippen molar-refractivity contribution < 1.29 is 9.53 Å². The summed E-state index contributed by atoms with van der Waals surface area (Å²) in [5, 5.41) is 0. The van der Waals surface area contributed by atoms with Gasteiger partial charge in [-0.25, -0.2) is 9.78 Å². The summed E-state index contributed by atoms with van der Waals surface area (Å²) >= 11 is 4.97. The van der Waals surface area contributed by atoms with Gasteiger partial charge >= 0.3 is 5.97 Å². The van der Waals surface area contributed by atoms with Crippen LogP contribution in [0.5, 0.6) is 0 Å². The first kappa shape index (κ1) is 9.85. The highest BCUT2D eigenvalue weighted by molar-refractivity contribution is 7.71. The molecule has 0 aliphatic rings. The van der Waals surface area contributed by atoms with Gasteiger partial charge in [-0.05, 0) is 13.0 Å². The van der Waals surface area contributed by atoms with Crippen molar-refractivity contribution in [3.63, 3.8) is 0 Å². The lowest BCUT2D eigenvalue weighted by Crippen LogP contribution is -2.06. The van der Waals surface area contributed by atoms with Gasteiger partial charge in [-0.2, -0.15) is 0 Å².